The van der Waals surface area contributed by atoms with Crippen LogP contribution in [-0.4, -0.2) is 17.5 Å². The van der Waals surface area contributed by atoms with E-state index in [-0.39, 0.29) is 0 Å². The predicted molar refractivity (Wildman–Crippen MR) is 89.9 cm³/mol. The second-order valence-electron chi connectivity index (χ2n) is 4.89. The summed E-state index contributed by atoms with van der Waals surface area (Å²) >= 11 is 5.78. The van der Waals surface area contributed by atoms with Crippen molar-refractivity contribution in [2.45, 2.75) is 38.5 Å². The number of aromatic nitrogens is 1. The van der Waals surface area contributed by atoms with Gasteiger partial charge in [0.2, 0.25) is 11.8 Å². The molecular weight excluding hydrogens is 300 g/mol. The van der Waals surface area contributed by atoms with E-state index in [2.05, 4.69) is 4.98 Å². The van der Waals surface area contributed by atoms with Crippen LogP contribution in [0.5, 0.6) is 5.88 Å². The number of primary amides is 1. The second kappa shape index (κ2) is 11.8. The number of carbonyl (C=O) groups excluding carboxylic acids is 1. The molecule has 0 spiro atoms. The molecule has 0 aromatic carbocycles. The van der Waals surface area contributed by atoms with Crippen molar-refractivity contribution in [3.8, 4) is 5.88 Å². The monoisotopic (exact) mass is 322 g/mol. The molecule has 1 aromatic heterocycles. The van der Waals surface area contributed by atoms with E-state index in [9.17, 15) is 4.79 Å². The van der Waals surface area contributed by atoms with Crippen molar-refractivity contribution in [3.63, 3.8) is 0 Å². The molecule has 0 aliphatic heterocycles. The quantitative estimate of drug-likeness (QED) is 0.289. The number of unbranched alkanes of at least 4 members (excludes halogenated alkanes) is 5. The summed E-state index contributed by atoms with van der Waals surface area (Å²) in [6, 6.07) is 5.37. The van der Waals surface area contributed by atoms with Crippen LogP contribution in [0.2, 0.25) is 5.15 Å². The molecule has 1 rings (SSSR count). The number of nitrogens with zero attached hydrogens (tertiary/aromatic N) is 1. The van der Waals surface area contributed by atoms with Crippen molar-refractivity contribution in [3.05, 3.63) is 47.7 Å². The Morgan fingerprint density at radius 2 is 1.95 bits per heavy atom. The number of carbonyl (C=O) groups is 1. The normalized spacial score (nSPS) is 11.3. The third-order valence-corrected chi connectivity index (χ3v) is 3.17. The first kappa shape index (κ1) is 18.2. The van der Waals surface area contributed by atoms with E-state index < -0.39 is 5.91 Å². The van der Waals surface area contributed by atoms with Gasteiger partial charge >= 0.3 is 0 Å². The average molecular weight is 323 g/mol. The lowest BCUT2D eigenvalue weighted by Crippen LogP contribution is -2.04. The van der Waals surface area contributed by atoms with Gasteiger partial charge in [0.05, 0.1) is 6.61 Å². The lowest BCUT2D eigenvalue weighted by atomic mass is 10.1. The number of ether oxygens (including phenoxy) is 1. The van der Waals surface area contributed by atoms with Crippen molar-refractivity contribution < 1.29 is 9.53 Å². The van der Waals surface area contributed by atoms with Gasteiger partial charge in [-0.3, -0.25) is 4.79 Å². The number of hydrogen-bond acceptors (Lipinski definition) is 3. The summed E-state index contributed by atoms with van der Waals surface area (Å²) in [4.78, 5) is 14.5. The van der Waals surface area contributed by atoms with Gasteiger partial charge in [0, 0.05) is 12.1 Å². The minimum atomic E-state index is -0.417. The Bertz CT molecular complexity index is 501. The summed E-state index contributed by atoms with van der Waals surface area (Å²) in [7, 11) is 0. The molecule has 22 heavy (non-hydrogen) atoms. The predicted octanol–water partition coefficient (Wildman–Crippen LogP) is 4.05. The molecule has 0 saturated heterocycles. The van der Waals surface area contributed by atoms with Crippen LogP contribution in [0.15, 0.2) is 42.5 Å². The summed E-state index contributed by atoms with van der Waals surface area (Å²) in [5.74, 6) is 0.168. The van der Waals surface area contributed by atoms with Crippen LogP contribution in [0.1, 0.15) is 38.5 Å². The topological polar surface area (TPSA) is 65.2 Å². The number of rotatable bonds is 11. The molecule has 0 radical (unpaired) electrons. The van der Waals surface area contributed by atoms with Gasteiger partial charge in [-0.2, -0.15) is 0 Å². The van der Waals surface area contributed by atoms with Crippen molar-refractivity contribution in [2.24, 2.45) is 5.73 Å². The number of pyridine rings is 1. The highest BCUT2D eigenvalue weighted by molar-refractivity contribution is 6.29. The van der Waals surface area contributed by atoms with Gasteiger partial charge in [-0.25, -0.2) is 4.98 Å². The molecule has 5 heteroatoms. The van der Waals surface area contributed by atoms with Crippen molar-refractivity contribution in [1.82, 2.24) is 4.98 Å². The molecule has 0 fully saturated rings. The fourth-order valence-corrected chi connectivity index (χ4v) is 2.02. The third kappa shape index (κ3) is 10.00. The Hall–Kier alpha value is -1.81. The maximum absolute atomic E-state index is 10.4. The van der Waals surface area contributed by atoms with Crippen LogP contribution in [0.3, 0.4) is 0 Å². The zero-order valence-electron chi connectivity index (χ0n) is 12.7. The van der Waals surface area contributed by atoms with Crippen LogP contribution < -0.4 is 10.5 Å². The Labute approximate surface area is 137 Å². The van der Waals surface area contributed by atoms with Crippen LogP contribution in [-0.2, 0) is 4.79 Å². The molecular formula is C17H23ClN2O2. The van der Waals surface area contributed by atoms with E-state index in [4.69, 9.17) is 22.1 Å². The summed E-state index contributed by atoms with van der Waals surface area (Å²) in [5.41, 5.74) is 4.98. The number of halogens is 1. The molecule has 120 valence electrons. The Morgan fingerprint density at radius 1 is 1.18 bits per heavy atom. The summed E-state index contributed by atoms with van der Waals surface area (Å²) in [5, 5.41) is 0.455. The molecule has 1 aromatic rings. The first-order valence-electron chi connectivity index (χ1n) is 7.56. The molecule has 1 heterocycles. The Balaban J connectivity index is 1.92. The van der Waals surface area contributed by atoms with E-state index in [1.165, 1.54) is 18.9 Å². The summed E-state index contributed by atoms with van der Waals surface area (Å²) in [6.07, 6.45) is 13.6. The molecule has 0 bridgehead atoms. The summed E-state index contributed by atoms with van der Waals surface area (Å²) < 4.78 is 5.53. The number of hydrogen-bond donors (Lipinski definition) is 1. The van der Waals surface area contributed by atoms with Gasteiger partial charge in [-0.05, 0) is 25.3 Å². The minimum absolute atomic E-state index is 0.417. The smallest absolute Gasteiger partial charge is 0.241 e. The van der Waals surface area contributed by atoms with Gasteiger partial charge in [0.25, 0.3) is 0 Å². The molecule has 0 unspecified atom stereocenters. The van der Waals surface area contributed by atoms with E-state index in [1.54, 1.807) is 12.1 Å². The molecule has 0 aliphatic rings. The molecule has 4 nitrogen and oxygen atoms in total. The van der Waals surface area contributed by atoms with E-state index in [1.807, 2.05) is 24.3 Å². The Morgan fingerprint density at radius 3 is 2.73 bits per heavy atom. The SMILES string of the molecule is NC(=O)C=CC=CCCCCCCCOc1cccc(Cl)n1. The maximum atomic E-state index is 10.4. The lowest BCUT2D eigenvalue weighted by Gasteiger charge is -2.05. The number of allylic oxidation sites excluding steroid dienone is 3. The van der Waals surface area contributed by atoms with Gasteiger partial charge in [0.15, 0.2) is 0 Å². The standard InChI is InChI=1S/C17H23ClN2O2/c18-15-11-10-13-17(20-15)22-14-9-7-5-3-1-2-4-6-8-12-16(19)21/h4,6,8,10-13H,1-3,5,7,9,14H2,(H2,19,21). The van der Waals surface area contributed by atoms with Crippen LogP contribution >= 0.6 is 11.6 Å². The highest BCUT2D eigenvalue weighted by Crippen LogP contribution is 2.12. The third-order valence-electron chi connectivity index (χ3n) is 2.96. The van der Waals surface area contributed by atoms with Gasteiger partial charge in [-0.15, -0.1) is 0 Å². The maximum Gasteiger partial charge on any atom is 0.241 e. The number of amides is 1. The lowest BCUT2D eigenvalue weighted by molar-refractivity contribution is -0.113. The van der Waals surface area contributed by atoms with Gasteiger partial charge < -0.3 is 10.5 Å². The first-order valence-corrected chi connectivity index (χ1v) is 7.94. The molecule has 0 saturated carbocycles. The summed E-state index contributed by atoms with van der Waals surface area (Å²) in [6.45, 7) is 0.672. The van der Waals surface area contributed by atoms with E-state index in [0.717, 1.165) is 25.7 Å². The Kier molecular flexibility index (Phi) is 9.79. The van der Waals surface area contributed by atoms with E-state index >= 15 is 0 Å². The molecule has 2 N–H and O–H groups in total. The second-order valence-corrected chi connectivity index (χ2v) is 5.28. The minimum Gasteiger partial charge on any atom is -0.478 e. The molecule has 1 amide bonds. The largest absolute Gasteiger partial charge is 0.478 e. The number of nitrogens with two attached hydrogens (primary N) is 1. The van der Waals surface area contributed by atoms with Crippen LogP contribution in [0, 0.1) is 0 Å². The zero-order valence-corrected chi connectivity index (χ0v) is 13.5. The first-order chi connectivity index (χ1) is 10.7. The van der Waals surface area contributed by atoms with Crippen molar-refractivity contribution >= 4 is 17.5 Å². The van der Waals surface area contributed by atoms with Crippen LogP contribution in [0.25, 0.3) is 0 Å². The van der Waals surface area contributed by atoms with Crippen molar-refractivity contribution in [2.75, 3.05) is 6.61 Å². The highest BCUT2D eigenvalue weighted by atomic mass is 35.5. The fraction of sp³-hybridized carbons (Fsp3) is 0.412. The highest BCUT2D eigenvalue weighted by Gasteiger charge is 1.96. The van der Waals surface area contributed by atoms with Gasteiger partial charge in [0.1, 0.15) is 5.15 Å². The zero-order chi connectivity index (χ0) is 16.0. The fourth-order valence-electron chi connectivity index (χ4n) is 1.87. The average Bonchev–Trinajstić information content (AvgIpc) is 2.48. The molecule has 0 atom stereocenters. The molecule has 0 aliphatic carbocycles. The van der Waals surface area contributed by atoms with Gasteiger partial charge in [-0.1, -0.05) is 55.2 Å². The van der Waals surface area contributed by atoms with E-state index in [0.29, 0.717) is 17.6 Å². The van der Waals surface area contributed by atoms with Crippen LogP contribution in [0.4, 0.5) is 0 Å². The van der Waals surface area contributed by atoms with Crippen molar-refractivity contribution in [1.29, 1.82) is 0 Å².